The van der Waals surface area contributed by atoms with Crippen LogP contribution in [0.25, 0.3) is 0 Å². The van der Waals surface area contributed by atoms with Crippen molar-refractivity contribution < 1.29 is 14.7 Å². The van der Waals surface area contributed by atoms with Crippen LogP contribution in [0.5, 0.6) is 0 Å². The Morgan fingerprint density at radius 1 is 1.26 bits per heavy atom. The number of hydrogen-bond acceptors (Lipinski definition) is 4. The lowest BCUT2D eigenvalue weighted by Gasteiger charge is -2.23. The van der Waals surface area contributed by atoms with Crippen molar-refractivity contribution in [1.82, 2.24) is 5.32 Å². The Morgan fingerprint density at radius 3 is 2.48 bits per heavy atom. The number of nitrogens with zero attached hydrogens (tertiary/aromatic N) is 1. The predicted molar refractivity (Wildman–Crippen MR) is 89.8 cm³/mol. The van der Waals surface area contributed by atoms with Gasteiger partial charge in [-0.25, -0.2) is 0 Å². The van der Waals surface area contributed by atoms with Crippen molar-refractivity contribution in [2.24, 2.45) is 4.99 Å². The molecule has 0 spiro atoms. The first-order valence-corrected chi connectivity index (χ1v) is 7.63. The van der Waals surface area contributed by atoms with Gasteiger partial charge in [-0.2, -0.15) is 0 Å². The lowest BCUT2D eigenvalue weighted by Crippen LogP contribution is -2.39. The maximum absolute atomic E-state index is 12.2. The Morgan fingerprint density at radius 2 is 1.91 bits per heavy atom. The summed E-state index contributed by atoms with van der Waals surface area (Å²) < 4.78 is 0. The van der Waals surface area contributed by atoms with Crippen molar-refractivity contribution in [1.29, 1.82) is 0 Å². The van der Waals surface area contributed by atoms with Gasteiger partial charge in [0.2, 0.25) is 0 Å². The summed E-state index contributed by atoms with van der Waals surface area (Å²) in [6.45, 7) is 5.74. The average Bonchev–Trinajstić information content (AvgIpc) is 2.46. The Balaban J connectivity index is 2.07. The minimum atomic E-state index is -0.401. The number of carbonyl (C=O) groups excluding carboxylic acids is 2. The Hall–Kier alpha value is -2.43. The predicted octanol–water partition coefficient (Wildman–Crippen LogP) is 2.83. The zero-order valence-electron chi connectivity index (χ0n) is 13.7. The van der Waals surface area contributed by atoms with Crippen molar-refractivity contribution in [3.8, 4) is 0 Å². The van der Waals surface area contributed by atoms with Crippen molar-refractivity contribution >= 4 is 17.9 Å². The minimum Gasteiger partial charge on any atom is -0.511 e. The number of carbonyl (C=O) groups is 2. The fraction of sp³-hybridized carbons (Fsp3) is 0.389. The molecule has 0 aliphatic heterocycles. The van der Waals surface area contributed by atoms with E-state index in [-0.39, 0.29) is 41.4 Å². The molecule has 2 rings (SSSR count). The van der Waals surface area contributed by atoms with Gasteiger partial charge in [0.25, 0.3) is 5.91 Å². The molecule has 23 heavy (non-hydrogen) atoms. The molecule has 5 heteroatoms. The Labute approximate surface area is 136 Å². The molecule has 1 aliphatic carbocycles. The van der Waals surface area contributed by atoms with E-state index in [1.807, 2.05) is 26.8 Å². The molecule has 0 aromatic heterocycles. The third kappa shape index (κ3) is 4.77. The number of allylic oxidation sites excluding steroid dienone is 1. The van der Waals surface area contributed by atoms with E-state index < -0.39 is 6.04 Å². The summed E-state index contributed by atoms with van der Waals surface area (Å²) in [6, 6.07) is 8.39. The first-order chi connectivity index (χ1) is 10.8. The fourth-order valence-corrected chi connectivity index (χ4v) is 2.28. The number of amides is 1. The van der Waals surface area contributed by atoms with Crippen LogP contribution in [0.2, 0.25) is 0 Å². The summed E-state index contributed by atoms with van der Waals surface area (Å²) in [6.07, 6.45) is 1.83. The first kappa shape index (κ1) is 16.9. The quantitative estimate of drug-likeness (QED) is 0.842. The molecule has 1 unspecified atom stereocenters. The van der Waals surface area contributed by atoms with Gasteiger partial charge in [0, 0.05) is 30.7 Å². The first-order valence-electron chi connectivity index (χ1n) is 7.63. The van der Waals surface area contributed by atoms with E-state index >= 15 is 0 Å². The van der Waals surface area contributed by atoms with Crippen LogP contribution in [0.15, 0.2) is 46.7 Å². The molecule has 0 saturated carbocycles. The van der Waals surface area contributed by atoms with Crippen LogP contribution in [-0.2, 0) is 4.79 Å². The number of aliphatic hydroxyl groups is 1. The number of Topliss-reactive ketones (excluding diaryl/α,β-unsaturated/α-hetero) is 1. The van der Waals surface area contributed by atoms with Gasteiger partial charge in [0.05, 0.1) is 11.1 Å². The molecule has 0 saturated heterocycles. The third-order valence-electron chi connectivity index (χ3n) is 3.43. The van der Waals surface area contributed by atoms with Crippen molar-refractivity contribution in [2.75, 3.05) is 0 Å². The summed E-state index contributed by atoms with van der Waals surface area (Å²) in [5.41, 5.74) is 0.458. The SMILES string of the molecule is CC(C)(C)N=CC1=C(O)CC(NC(=O)c2ccccc2)CC1=O. The van der Waals surface area contributed by atoms with E-state index in [4.69, 9.17) is 0 Å². The zero-order chi connectivity index (χ0) is 17.0. The van der Waals surface area contributed by atoms with E-state index in [0.717, 1.165) is 0 Å². The van der Waals surface area contributed by atoms with Crippen LogP contribution in [0.1, 0.15) is 44.0 Å². The summed E-state index contributed by atoms with van der Waals surface area (Å²) in [7, 11) is 0. The molecule has 1 aromatic carbocycles. The van der Waals surface area contributed by atoms with E-state index in [1.165, 1.54) is 6.21 Å². The zero-order valence-corrected chi connectivity index (χ0v) is 13.7. The summed E-state index contributed by atoms with van der Waals surface area (Å²) >= 11 is 0. The van der Waals surface area contributed by atoms with Gasteiger partial charge >= 0.3 is 0 Å². The summed E-state index contributed by atoms with van der Waals surface area (Å²) in [5, 5.41) is 12.9. The van der Waals surface area contributed by atoms with Crippen molar-refractivity contribution in [3.05, 3.63) is 47.2 Å². The van der Waals surface area contributed by atoms with Crippen LogP contribution in [0.4, 0.5) is 0 Å². The lowest BCUT2D eigenvalue weighted by molar-refractivity contribution is -0.116. The van der Waals surface area contributed by atoms with Gasteiger partial charge in [0.1, 0.15) is 5.76 Å². The van der Waals surface area contributed by atoms with Gasteiger partial charge < -0.3 is 10.4 Å². The molecule has 1 aromatic rings. The fourth-order valence-electron chi connectivity index (χ4n) is 2.28. The number of benzene rings is 1. The number of aliphatic imine (C=N–C) groups is 1. The highest BCUT2D eigenvalue weighted by atomic mass is 16.3. The van der Waals surface area contributed by atoms with E-state index in [1.54, 1.807) is 24.3 Å². The number of aliphatic hydroxyl groups excluding tert-OH is 1. The smallest absolute Gasteiger partial charge is 0.251 e. The van der Waals surface area contributed by atoms with Gasteiger partial charge in [-0.15, -0.1) is 0 Å². The molecule has 1 aliphatic rings. The molecule has 122 valence electrons. The van der Waals surface area contributed by atoms with Crippen LogP contribution >= 0.6 is 0 Å². The average molecular weight is 314 g/mol. The second-order valence-corrected chi connectivity index (χ2v) is 6.66. The Kier molecular flexibility index (Phi) is 4.98. The molecule has 5 nitrogen and oxygen atoms in total. The van der Waals surface area contributed by atoms with E-state index in [9.17, 15) is 14.7 Å². The minimum absolute atomic E-state index is 0.0207. The maximum atomic E-state index is 12.2. The number of ketones is 1. The van der Waals surface area contributed by atoms with Gasteiger partial charge in [-0.3, -0.25) is 14.6 Å². The molecule has 2 N–H and O–H groups in total. The molecule has 0 heterocycles. The van der Waals surface area contributed by atoms with E-state index in [2.05, 4.69) is 10.3 Å². The van der Waals surface area contributed by atoms with Crippen molar-refractivity contribution in [3.63, 3.8) is 0 Å². The number of hydrogen-bond donors (Lipinski definition) is 2. The number of nitrogens with one attached hydrogen (secondary N) is 1. The van der Waals surface area contributed by atoms with Crippen LogP contribution in [0.3, 0.4) is 0 Å². The molecule has 1 amide bonds. The summed E-state index contributed by atoms with van der Waals surface area (Å²) in [4.78, 5) is 28.6. The maximum Gasteiger partial charge on any atom is 0.251 e. The molecular formula is C18H22N2O3. The highest BCUT2D eigenvalue weighted by Gasteiger charge is 2.28. The second-order valence-electron chi connectivity index (χ2n) is 6.66. The molecule has 0 radical (unpaired) electrons. The lowest BCUT2D eigenvalue weighted by atomic mass is 9.92. The largest absolute Gasteiger partial charge is 0.511 e. The highest BCUT2D eigenvalue weighted by molar-refractivity contribution is 6.14. The monoisotopic (exact) mass is 314 g/mol. The van der Waals surface area contributed by atoms with Crippen LogP contribution in [0, 0.1) is 0 Å². The van der Waals surface area contributed by atoms with Gasteiger partial charge in [-0.1, -0.05) is 18.2 Å². The van der Waals surface area contributed by atoms with Gasteiger partial charge in [-0.05, 0) is 32.9 Å². The number of rotatable bonds is 3. The standard InChI is InChI=1S/C18H22N2O3/c1-18(2,3)19-11-14-15(21)9-13(10-16(14)22)20-17(23)12-7-5-4-6-8-12/h4-8,11,13,21H,9-10H2,1-3H3,(H,20,23). The van der Waals surface area contributed by atoms with Gasteiger partial charge in [0.15, 0.2) is 5.78 Å². The summed E-state index contributed by atoms with van der Waals surface area (Å²) in [5.74, 6) is -0.476. The van der Waals surface area contributed by atoms with Crippen LogP contribution in [-0.4, -0.2) is 34.6 Å². The Bertz CT molecular complexity index is 655. The normalized spacial score (nSPS) is 19.3. The topological polar surface area (TPSA) is 78.8 Å². The molecule has 0 bridgehead atoms. The van der Waals surface area contributed by atoms with Crippen molar-refractivity contribution in [2.45, 2.75) is 45.2 Å². The van der Waals surface area contributed by atoms with E-state index in [0.29, 0.717) is 5.56 Å². The molecule has 0 fully saturated rings. The highest BCUT2D eigenvalue weighted by Crippen LogP contribution is 2.21. The third-order valence-corrected chi connectivity index (χ3v) is 3.43. The van der Waals surface area contributed by atoms with Crippen LogP contribution < -0.4 is 5.32 Å². The second kappa shape index (κ2) is 6.77. The molecule has 1 atom stereocenters. The molecular weight excluding hydrogens is 292 g/mol.